The summed E-state index contributed by atoms with van der Waals surface area (Å²) < 4.78 is 5.38. The first-order valence-corrected chi connectivity index (χ1v) is 8.52. The van der Waals surface area contributed by atoms with Gasteiger partial charge in [-0.2, -0.15) is 5.26 Å². The van der Waals surface area contributed by atoms with E-state index in [9.17, 15) is 4.79 Å². The number of nitriles is 1. The van der Waals surface area contributed by atoms with Crippen molar-refractivity contribution >= 4 is 11.6 Å². The van der Waals surface area contributed by atoms with E-state index in [0.717, 1.165) is 44.1 Å². The number of carbonyl (C=O) groups is 1. The number of nitrogens with one attached hydrogen (secondary N) is 2. The first kappa shape index (κ1) is 17.2. The highest BCUT2D eigenvalue weighted by atomic mass is 16.5. The molecule has 1 saturated heterocycles. The Balaban J connectivity index is 1.57. The molecule has 1 aliphatic rings. The maximum Gasteiger partial charge on any atom is 0.255 e. The largest absolute Gasteiger partial charge is 0.370 e. The molecule has 25 heavy (non-hydrogen) atoms. The number of carbonyl (C=O) groups excluding carboxylic acids is 1. The van der Waals surface area contributed by atoms with Crippen molar-refractivity contribution in [2.45, 2.75) is 13.0 Å². The fourth-order valence-electron chi connectivity index (χ4n) is 2.90. The van der Waals surface area contributed by atoms with E-state index in [1.54, 1.807) is 0 Å². The summed E-state index contributed by atoms with van der Waals surface area (Å²) in [5, 5.41) is 11.6. The molecule has 0 unspecified atom stereocenters. The van der Waals surface area contributed by atoms with E-state index in [2.05, 4.69) is 11.4 Å². The molecule has 2 aromatic carbocycles. The fraction of sp³-hybridized carbons (Fsp3) is 0.300. The summed E-state index contributed by atoms with van der Waals surface area (Å²) in [6.45, 7) is 4.67. The molecule has 5 heteroatoms. The maximum atomic E-state index is 12.3. The number of morpholine rings is 1. The van der Waals surface area contributed by atoms with Gasteiger partial charge < -0.3 is 15.0 Å². The van der Waals surface area contributed by atoms with Crippen molar-refractivity contribution in [2.75, 3.05) is 31.6 Å². The van der Waals surface area contributed by atoms with Gasteiger partial charge in [0.05, 0.1) is 25.7 Å². The molecular weight excluding hydrogens is 314 g/mol. The Bertz CT molecular complexity index is 742. The second kappa shape index (κ2) is 8.43. The molecule has 0 aromatic heterocycles. The third-order valence-electron chi connectivity index (χ3n) is 4.37. The summed E-state index contributed by atoms with van der Waals surface area (Å²) >= 11 is 0. The Morgan fingerprint density at radius 3 is 2.32 bits per heavy atom. The summed E-state index contributed by atoms with van der Waals surface area (Å²) in [4.78, 5) is 13.9. The van der Waals surface area contributed by atoms with Gasteiger partial charge in [0, 0.05) is 16.8 Å². The lowest BCUT2D eigenvalue weighted by molar-refractivity contribution is -0.921. The molecule has 1 fully saturated rings. The van der Waals surface area contributed by atoms with Crippen molar-refractivity contribution in [3.63, 3.8) is 0 Å². The van der Waals surface area contributed by atoms with Crippen molar-refractivity contribution in [3.8, 4) is 6.07 Å². The number of amides is 1. The van der Waals surface area contributed by atoms with Crippen LogP contribution < -0.4 is 10.2 Å². The number of nitrogens with zero attached hydrogens (tertiary/aromatic N) is 1. The van der Waals surface area contributed by atoms with E-state index in [1.807, 2.05) is 48.5 Å². The van der Waals surface area contributed by atoms with Gasteiger partial charge in [0.25, 0.3) is 5.91 Å². The lowest BCUT2D eigenvalue weighted by Crippen LogP contribution is -3.12. The van der Waals surface area contributed by atoms with Gasteiger partial charge in [-0.25, -0.2) is 0 Å². The minimum atomic E-state index is -0.127. The van der Waals surface area contributed by atoms with Crippen LogP contribution in [0.15, 0.2) is 48.5 Å². The third kappa shape index (κ3) is 4.90. The molecule has 0 radical (unpaired) electrons. The number of rotatable bonds is 5. The number of ether oxygens (including phenoxy) is 1. The summed E-state index contributed by atoms with van der Waals surface area (Å²) in [7, 11) is 0. The van der Waals surface area contributed by atoms with Gasteiger partial charge in [0.15, 0.2) is 0 Å². The van der Waals surface area contributed by atoms with E-state index in [0.29, 0.717) is 12.0 Å². The maximum absolute atomic E-state index is 12.3. The fourth-order valence-corrected chi connectivity index (χ4v) is 2.90. The molecule has 0 atom stereocenters. The van der Waals surface area contributed by atoms with Gasteiger partial charge in [-0.15, -0.1) is 0 Å². The number of quaternary nitrogens is 1. The van der Waals surface area contributed by atoms with Crippen LogP contribution in [0.4, 0.5) is 5.69 Å². The van der Waals surface area contributed by atoms with Crippen LogP contribution in [0.3, 0.4) is 0 Å². The highest BCUT2D eigenvalue weighted by Gasteiger charge is 2.14. The van der Waals surface area contributed by atoms with Gasteiger partial charge in [0.1, 0.15) is 19.6 Å². The SMILES string of the molecule is N#CCc1ccc(NC(=O)c2ccc(C[NH+]3CCOCC3)cc2)cc1. The minimum Gasteiger partial charge on any atom is -0.370 e. The molecule has 0 saturated carbocycles. The van der Waals surface area contributed by atoms with Crippen molar-refractivity contribution < 1.29 is 14.4 Å². The van der Waals surface area contributed by atoms with Crippen LogP contribution in [0.25, 0.3) is 0 Å². The smallest absolute Gasteiger partial charge is 0.255 e. The molecule has 1 amide bonds. The molecule has 0 spiro atoms. The summed E-state index contributed by atoms with van der Waals surface area (Å²) in [6.07, 6.45) is 0.376. The summed E-state index contributed by atoms with van der Waals surface area (Å²) in [5.74, 6) is -0.127. The lowest BCUT2D eigenvalue weighted by Gasteiger charge is -2.23. The first-order chi connectivity index (χ1) is 12.2. The molecule has 5 nitrogen and oxygen atoms in total. The zero-order chi connectivity index (χ0) is 17.5. The van der Waals surface area contributed by atoms with E-state index < -0.39 is 0 Å². The third-order valence-corrected chi connectivity index (χ3v) is 4.37. The van der Waals surface area contributed by atoms with Gasteiger partial charge in [-0.1, -0.05) is 24.3 Å². The van der Waals surface area contributed by atoms with Crippen LogP contribution >= 0.6 is 0 Å². The number of anilines is 1. The van der Waals surface area contributed by atoms with Crippen LogP contribution in [-0.4, -0.2) is 32.2 Å². The average Bonchev–Trinajstić information content (AvgIpc) is 2.65. The second-order valence-corrected chi connectivity index (χ2v) is 6.22. The molecular formula is C20H22N3O2+. The molecule has 2 N–H and O–H groups in total. The van der Waals surface area contributed by atoms with Crippen LogP contribution in [-0.2, 0) is 17.7 Å². The summed E-state index contributed by atoms with van der Waals surface area (Å²) in [5.41, 5.74) is 3.54. The molecule has 1 aliphatic heterocycles. The Morgan fingerprint density at radius 2 is 1.68 bits per heavy atom. The van der Waals surface area contributed by atoms with Crippen molar-refractivity contribution in [1.82, 2.24) is 0 Å². The van der Waals surface area contributed by atoms with Gasteiger partial charge in [0.2, 0.25) is 0 Å². The average molecular weight is 336 g/mol. The van der Waals surface area contributed by atoms with Crippen molar-refractivity contribution in [1.29, 1.82) is 5.26 Å². The molecule has 3 rings (SSSR count). The van der Waals surface area contributed by atoms with E-state index >= 15 is 0 Å². The van der Waals surface area contributed by atoms with Gasteiger partial charge in [-0.3, -0.25) is 4.79 Å². The molecule has 2 aromatic rings. The number of hydrogen-bond acceptors (Lipinski definition) is 3. The van der Waals surface area contributed by atoms with Crippen molar-refractivity contribution in [3.05, 3.63) is 65.2 Å². The van der Waals surface area contributed by atoms with E-state index in [4.69, 9.17) is 10.00 Å². The zero-order valence-electron chi connectivity index (χ0n) is 14.1. The highest BCUT2D eigenvalue weighted by Crippen LogP contribution is 2.12. The van der Waals surface area contributed by atoms with Crippen molar-refractivity contribution in [2.24, 2.45) is 0 Å². The minimum absolute atomic E-state index is 0.127. The molecule has 1 heterocycles. The van der Waals surface area contributed by atoms with Crippen LogP contribution in [0.5, 0.6) is 0 Å². The molecule has 128 valence electrons. The first-order valence-electron chi connectivity index (χ1n) is 8.52. The Morgan fingerprint density at radius 1 is 1.04 bits per heavy atom. The van der Waals surface area contributed by atoms with Crippen LogP contribution in [0.2, 0.25) is 0 Å². The normalized spacial score (nSPS) is 14.7. The highest BCUT2D eigenvalue weighted by molar-refractivity contribution is 6.04. The predicted octanol–water partition coefficient (Wildman–Crippen LogP) is 1.42. The summed E-state index contributed by atoms with van der Waals surface area (Å²) in [6, 6.07) is 17.2. The number of benzene rings is 2. The standard InChI is InChI=1S/C20H21N3O2/c21-10-9-16-3-7-19(8-4-16)22-20(24)18-5-1-17(2-6-18)15-23-11-13-25-14-12-23/h1-8H,9,11-15H2,(H,22,24)/p+1. The predicted molar refractivity (Wildman–Crippen MR) is 95.4 cm³/mol. The Hall–Kier alpha value is -2.68. The molecule has 0 bridgehead atoms. The monoisotopic (exact) mass is 336 g/mol. The van der Waals surface area contributed by atoms with Gasteiger partial charge in [-0.05, 0) is 29.8 Å². The van der Waals surface area contributed by atoms with Gasteiger partial charge >= 0.3 is 0 Å². The van der Waals surface area contributed by atoms with Crippen LogP contribution in [0.1, 0.15) is 21.5 Å². The second-order valence-electron chi connectivity index (χ2n) is 6.22. The van der Waals surface area contributed by atoms with E-state index in [1.165, 1.54) is 10.5 Å². The number of hydrogen-bond donors (Lipinski definition) is 2. The quantitative estimate of drug-likeness (QED) is 0.868. The molecule has 0 aliphatic carbocycles. The lowest BCUT2D eigenvalue weighted by atomic mass is 10.1. The Kier molecular flexibility index (Phi) is 5.78. The topological polar surface area (TPSA) is 66.6 Å². The Labute approximate surface area is 147 Å². The zero-order valence-corrected chi connectivity index (χ0v) is 14.1. The van der Waals surface area contributed by atoms with E-state index in [-0.39, 0.29) is 5.91 Å². The van der Waals surface area contributed by atoms with Crippen LogP contribution in [0, 0.1) is 11.3 Å².